The summed E-state index contributed by atoms with van der Waals surface area (Å²) in [6.45, 7) is 30.6. The molecule has 8 rings (SSSR count). The van der Waals surface area contributed by atoms with Crippen LogP contribution in [0.1, 0.15) is 108 Å². The minimum absolute atomic E-state index is 0.191. The predicted molar refractivity (Wildman–Crippen MR) is 308 cm³/mol. The van der Waals surface area contributed by atoms with Gasteiger partial charge in [-0.05, 0) is 108 Å². The minimum Gasteiger partial charge on any atom is -0.369 e. The summed E-state index contributed by atoms with van der Waals surface area (Å²) in [4.78, 5) is 13.0. The molecule has 75 heavy (non-hydrogen) atoms. The van der Waals surface area contributed by atoms with Gasteiger partial charge in [0, 0.05) is 127 Å². The van der Waals surface area contributed by atoms with Gasteiger partial charge in [-0.15, -0.1) is 0 Å². The van der Waals surface area contributed by atoms with Gasteiger partial charge in [0.05, 0.1) is 18.6 Å². The number of piperazine rings is 4. The van der Waals surface area contributed by atoms with Crippen LogP contribution < -0.4 is 19.6 Å². The fourth-order valence-corrected chi connectivity index (χ4v) is 11.4. The van der Waals surface area contributed by atoms with Crippen molar-refractivity contribution in [2.45, 2.75) is 92.2 Å². The molecule has 0 unspecified atom stereocenters. The molecule has 0 spiro atoms. The second-order valence-corrected chi connectivity index (χ2v) is 25.8. The number of halogens is 3. The van der Waals surface area contributed by atoms with Crippen LogP contribution in [0.4, 0.5) is 35.9 Å². The number of sulfonamides is 2. The van der Waals surface area contributed by atoms with Gasteiger partial charge in [-0.3, -0.25) is 4.90 Å². The Morgan fingerprint density at radius 3 is 0.907 bits per heavy atom. The molecule has 418 valence electrons. The maximum absolute atomic E-state index is 12.3. The lowest BCUT2D eigenvalue weighted by atomic mass is 10.0. The third kappa shape index (κ3) is 19.5. The zero-order chi connectivity index (χ0) is 55.1. The van der Waals surface area contributed by atoms with Crippen molar-refractivity contribution in [3.05, 3.63) is 119 Å². The molecule has 12 nitrogen and oxygen atoms in total. The predicted octanol–water partition coefficient (Wildman–Crippen LogP) is 10.2. The molecule has 0 aliphatic carbocycles. The van der Waals surface area contributed by atoms with Gasteiger partial charge in [0.2, 0.25) is 20.0 Å². The number of nitrogens with zero attached hydrogens (tertiary/aromatic N) is 8. The largest absolute Gasteiger partial charge is 0.401 e. The molecule has 0 amide bonds. The fourth-order valence-electron chi connectivity index (χ4n) is 9.45. The number of likely N-dealkylation sites (N-methyl/N-ethyl adjacent to an activating group) is 1. The lowest BCUT2D eigenvalue weighted by molar-refractivity contribution is -0.146. The Labute approximate surface area is 450 Å². The molecule has 0 N–H and O–H groups in total. The van der Waals surface area contributed by atoms with Crippen LogP contribution in [0.3, 0.4) is 0 Å². The van der Waals surface area contributed by atoms with Crippen LogP contribution in [0.25, 0.3) is 0 Å². The minimum atomic E-state index is -4.10. The molecule has 4 aromatic rings. The first-order valence-electron chi connectivity index (χ1n) is 27.1. The molecule has 17 heteroatoms. The maximum atomic E-state index is 12.3. The summed E-state index contributed by atoms with van der Waals surface area (Å²) >= 11 is 0. The molecule has 4 aliphatic rings. The number of hydrogen-bond acceptors (Lipinski definition) is 10. The number of benzene rings is 4. The van der Waals surface area contributed by atoms with E-state index in [0.29, 0.717) is 76.0 Å². The SMILES string of the molecule is CC(C)c1ccc(N2CCN(C)CC2)cc1.CC(C)c1ccc(N2CCN(CC(F)(F)F)CC2)cc1.CC(C)c1ccc(N2CCN(S(C)(=O)=O)CC2)cc1.CCS(=O)(=O)N1CCN(c2ccc(C(C)C)cc2)CC1. The third-order valence-electron chi connectivity index (χ3n) is 14.7. The van der Waals surface area contributed by atoms with E-state index in [4.69, 9.17) is 0 Å². The first kappa shape index (κ1) is 61.5. The van der Waals surface area contributed by atoms with Crippen molar-refractivity contribution in [2.24, 2.45) is 0 Å². The standard InChI is InChI=1S/C15H21F3N2.C15H24N2O2S.C14H22N2O2S.C14H22N2/c1-12(2)13-3-5-14(6-4-13)20-9-7-19(8-10-20)11-15(16,17)18;1-4-20(18,19)17-11-9-16(10-12-17)15-7-5-14(6-8-15)13(2)3;1-12(2)13-4-6-14(7-5-13)15-8-10-16(11-9-15)19(3,17)18;1-12(2)13-4-6-14(7-5-13)16-10-8-15(3)9-11-16/h3-6,12H,7-11H2,1-2H3;5-8,13H,4,9-12H2,1-3H3;4-7,12H,8-11H2,1-3H3;4-7,12H,8-11H2,1-3H3. The van der Waals surface area contributed by atoms with E-state index in [1.807, 2.05) is 0 Å². The van der Waals surface area contributed by atoms with Crippen LogP contribution in [0.15, 0.2) is 97.1 Å². The Hall–Kier alpha value is -4.39. The quantitative estimate of drug-likeness (QED) is 0.137. The fraction of sp³-hybridized carbons (Fsp3) is 0.586. The molecule has 0 radical (unpaired) electrons. The summed E-state index contributed by atoms with van der Waals surface area (Å²) in [5.41, 5.74) is 10.2. The van der Waals surface area contributed by atoms with Gasteiger partial charge in [0.15, 0.2) is 0 Å². The van der Waals surface area contributed by atoms with Crippen LogP contribution in [0.2, 0.25) is 0 Å². The van der Waals surface area contributed by atoms with Crippen LogP contribution >= 0.6 is 0 Å². The van der Waals surface area contributed by atoms with Crippen molar-refractivity contribution < 1.29 is 30.0 Å². The van der Waals surface area contributed by atoms with Gasteiger partial charge in [-0.1, -0.05) is 104 Å². The number of hydrogen-bond donors (Lipinski definition) is 0. The molecular formula is C58H89F3N8O4S2. The summed E-state index contributed by atoms with van der Waals surface area (Å²) in [5.74, 6) is 2.39. The van der Waals surface area contributed by atoms with E-state index in [0.717, 1.165) is 45.0 Å². The van der Waals surface area contributed by atoms with Crippen molar-refractivity contribution >= 4 is 42.8 Å². The lowest BCUT2D eigenvalue weighted by Crippen LogP contribution is -2.49. The zero-order valence-electron chi connectivity index (χ0n) is 46.9. The highest BCUT2D eigenvalue weighted by molar-refractivity contribution is 7.89. The van der Waals surface area contributed by atoms with Crippen molar-refractivity contribution in [3.8, 4) is 0 Å². The van der Waals surface area contributed by atoms with E-state index >= 15 is 0 Å². The molecule has 4 saturated heterocycles. The van der Waals surface area contributed by atoms with Crippen molar-refractivity contribution in [1.82, 2.24) is 18.4 Å². The second-order valence-electron chi connectivity index (χ2n) is 21.6. The maximum Gasteiger partial charge on any atom is 0.401 e. The molecule has 4 heterocycles. The van der Waals surface area contributed by atoms with Gasteiger partial charge < -0.3 is 24.5 Å². The van der Waals surface area contributed by atoms with E-state index in [1.54, 1.807) is 15.5 Å². The molecule has 0 atom stereocenters. The molecular weight excluding hydrogens is 994 g/mol. The van der Waals surface area contributed by atoms with Crippen LogP contribution in [-0.4, -0.2) is 172 Å². The van der Waals surface area contributed by atoms with Crippen LogP contribution in [-0.2, 0) is 20.0 Å². The Balaban J connectivity index is 0.000000186. The number of rotatable bonds is 12. The van der Waals surface area contributed by atoms with Gasteiger partial charge in [-0.2, -0.15) is 21.8 Å². The Morgan fingerprint density at radius 2 is 0.667 bits per heavy atom. The first-order valence-corrected chi connectivity index (χ1v) is 30.6. The average molecular weight is 1080 g/mol. The molecule has 0 bridgehead atoms. The highest BCUT2D eigenvalue weighted by Gasteiger charge is 2.32. The van der Waals surface area contributed by atoms with E-state index < -0.39 is 32.8 Å². The molecule has 4 fully saturated rings. The zero-order valence-corrected chi connectivity index (χ0v) is 48.6. The summed E-state index contributed by atoms with van der Waals surface area (Å²) in [6.07, 6.45) is -2.82. The van der Waals surface area contributed by atoms with Crippen molar-refractivity contribution in [2.75, 3.05) is 150 Å². The van der Waals surface area contributed by atoms with Crippen LogP contribution in [0.5, 0.6) is 0 Å². The summed E-state index contributed by atoms with van der Waals surface area (Å²) < 4.78 is 86.7. The Bertz CT molecular complexity index is 2500. The summed E-state index contributed by atoms with van der Waals surface area (Å²) in [5, 5.41) is 0. The van der Waals surface area contributed by atoms with Gasteiger partial charge in [0.25, 0.3) is 0 Å². The smallest absolute Gasteiger partial charge is 0.369 e. The molecule has 4 aromatic carbocycles. The summed E-state index contributed by atoms with van der Waals surface area (Å²) in [6, 6.07) is 34.6. The highest BCUT2D eigenvalue weighted by Crippen LogP contribution is 2.26. The number of anilines is 4. The van der Waals surface area contributed by atoms with Gasteiger partial charge in [0.1, 0.15) is 0 Å². The van der Waals surface area contributed by atoms with Crippen LogP contribution in [0, 0.1) is 0 Å². The van der Waals surface area contributed by atoms with E-state index in [-0.39, 0.29) is 5.75 Å². The van der Waals surface area contributed by atoms with Crippen molar-refractivity contribution in [1.29, 1.82) is 0 Å². The molecule has 0 aromatic heterocycles. The monoisotopic (exact) mass is 1080 g/mol. The third-order valence-corrected chi connectivity index (χ3v) is 17.9. The normalized spacial score (nSPS) is 17.9. The van der Waals surface area contributed by atoms with Crippen molar-refractivity contribution in [3.63, 3.8) is 0 Å². The van der Waals surface area contributed by atoms with Gasteiger partial charge >= 0.3 is 6.18 Å². The Kier molecular flexibility index (Phi) is 23.2. The summed E-state index contributed by atoms with van der Waals surface area (Å²) in [7, 11) is -3.89. The second kappa shape index (κ2) is 28.3. The van der Waals surface area contributed by atoms with Gasteiger partial charge in [-0.25, -0.2) is 16.8 Å². The average Bonchev–Trinajstić information content (AvgIpc) is 3.39. The van der Waals surface area contributed by atoms with E-state index in [9.17, 15) is 30.0 Å². The molecule has 4 aliphatic heterocycles. The van der Waals surface area contributed by atoms with E-state index in [2.05, 4.69) is 184 Å². The highest BCUT2D eigenvalue weighted by atomic mass is 32.2. The molecule has 0 saturated carbocycles. The lowest BCUT2D eigenvalue weighted by Gasteiger charge is -2.36. The topological polar surface area (TPSA) is 94.2 Å². The first-order chi connectivity index (χ1) is 35.3. The van der Waals surface area contributed by atoms with E-state index in [1.165, 1.54) is 63.6 Å². The Morgan fingerprint density at radius 1 is 0.413 bits per heavy atom. The number of alkyl halides is 3.